The number of aryl methyl sites for hydroxylation is 12. The topological polar surface area (TPSA) is 179 Å². The Morgan fingerprint density at radius 3 is 0.848 bits per heavy atom. The van der Waals surface area contributed by atoms with Gasteiger partial charge in [0.1, 0.15) is 12.2 Å². The lowest BCUT2D eigenvalue weighted by atomic mass is 10.2. The monoisotopic (exact) mass is 1890 g/mol. The van der Waals surface area contributed by atoms with E-state index >= 15 is 0 Å². The van der Waals surface area contributed by atoms with Crippen LogP contribution in [0.3, 0.4) is 0 Å². The van der Waals surface area contributed by atoms with Crippen LogP contribution in [-0.4, -0.2) is 72.0 Å². The Bertz CT molecular complexity index is 3160. The van der Waals surface area contributed by atoms with E-state index in [1.54, 1.807) is 127 Å². The van der Waals surface area contributed by atoms with E-state index in [9.17, 15) is 0 Å². The maximum Gasteiger partial charge on any atom is 0.125 e. The summed E-state index contributed by atoms with van der Waals surface area (Å²) in [7, 11) is 0. The van der Waals surface area contributed by atoms with Crippen molar-refractivity contribution in [3.8, 4) is 0 Å². The van der Waals surface area contributed by atoms with Crippen LogP contribution in [0.5, 0.6) is 0 Å². The Labute approximate surface area is 837 Å². The van der Waals surface area contributed by atoms with Gasteiger partial charge in [-0.2, -0.15) is 21.5 Å². The highest BCUT2D eigenvalue weighted by atomic mass is 32.1. The first kappa shape index (κ1) is 186. The number of allylic oxidation sites excluding steroid dienone is 3. The van der Waals surface area contributed by atoms with Crippen LogP contribution in [-0.2, 0) is 0 Å². The van der Waals surface area contributed by atoms with E-state index in [1.807, 2.05) is 378 Å². The highest BCUT2D eigenvalue weighted by molar-refractivity contribution is 7.10. The Hall–Kier alpha value is -10.4. The Balaban J connectivity index is -0.0000000421. The van der Waals surface area contributed by atoms with Crippen LogP contribution in [0.4, 0.5) is 0 Å². The number of hydrogen-bond donors (Lipinski definition) is 0. The van der Waals surface area contributed by atoms with Crippen LogP contribution in [0.25, 0.3) is 0 Å². The summed E-state index contributed by atoms with van der Waals surface area (Å²) in [6.07, 6.45) is 34.5. The number of pyridine rings is 3. The summed E-state index contributed by atoms with van der Waals surface area (Å²) in [5.74, 6) is 0.822. The fourth-order valence-electron chi connectivity index (χ4n) is 5.73. The summed E-state index contributed by atoms with van der Waals surface area (Å²) in [5, 5.41) is 16.7. The molecule has 17 heteroatoms. The fourth-order valence-corrected chi connectivity index (χ4v) is 7.36. The number of thiazole rings is 1. The first-order chi connectivity index (χ1) is 59.5. The van der Waals surface area contributed by atoms with E-state index in [2.05, 4.69) is 174 Å². The molecular formula is C115H214N14S3. The van der Waals surface area contributed by atoms with Gasteiger partial charge in [0, 0.05) is 133 Å². The lowest BCUT2D eigenvalue weighted by Crippen LogP contribution is -1.80. The Morgan fingerprint density at radius 2 is 0.697 bits per heavy atom. The second-order valence-corrected chi connectivity index (χ2v) is 22.6. The largest absolute Gasteiger partial charge is 0.266 e. The molecule has 0 aliphatic carbocycles. The molecule has 0 saturated heterocycles. The van der Waals surface area contributed by atoms with E-state index < -0.39 is 0 Å². The van der Waals surface area contributed by atoms with Crippen LogP contribution < -0.4 is 0 Å². The van der Waals surface area contributed by atoms with Gasteiger partial charge in [0.25, 0.3) is 0 Å². The highest BCUT2D eigenvalue weighted by Crippen LogP contribution is 2.05. The summed E-state index contributed by atoms with van der Waals surface area (Å²) < 4.78 is 0. The molecule has 0 atom stereocenters. The first-order valence-corrected chi connectivity index (χ1v) is 46.5. The average Bonchev–Trinajstić information content (AvgIpc) is 1.91. The van der Waals surface area contributed by atoms with Crippen LogP contribution in [0.2, 0.25) is 0 Å². The van der Waals surface area contributed by atoms with Crippen molar-refractivity contribution in [1.29, 1.82) is 0 Å². The third-order valence-corrected chi connectivity index (χ3v) is 12.8. The van der Waals surface area contributed by atoms with Crippen molar-refractivity contribution in [2.45, 2.75) is 371 Å². The van der Waals surface area contributed by atoms with Gasteiger partial charge in [-0.1, -0.05) is 382 Å². The maximum atomic E-state index is 3.98. The molecule has 0 amide bonds. The number of hydrogen-bond acceptors (Lipinski definition) is 17. The van der Waals surface area contributed by atoms with Gasteiger partial charge in [0.2, 0.25) is 0 Å². The summed E-state index contributed by atoms with van der Waals surface area (Å²) in [4.78, 5) is 48.0. The molecule has 132 heavy (non-hydrogen) atoms. The highest BCUT2D eigenvalue weighted by Gasteiger charge is 1.86. The molecular weight excluding hydrogens is 1670 g/mol. The molecule has 0 N–H and O–H groups in total. The molecule has 0 bridgehead atoms. The van der Waals surface area contributed by atoms with Crippen LogP contribution in [0.15, 0.2) is 300 Å². The summed E-state index contributed by atoms with van der Waals surface area (Å²) in [5.41, 5.74) is 18.1. The molecule has 2 aliphatic rings. The van der Waals surface area contributed by atoms with Gasteiger partial charge in [-0.25, -0.2) is 19.9 Å². The molecule has 0 unspecified atom stereocenters. The second-order valence-electron chi connectivity index (χ2n) is 19.6. The smallest absolute Gasteiger partial charge is 0.125 e. The molecule has 10 aromatic heterocycles. The number of aliphatic imine (C=N–C) groups is 2. The van der Waals surface area contributed by atoms with Crippen molar-refractivity contribution < 1.29 is 0 Å². The molecule has 12 heterocycles. The average molecular weight is 1890 g/mol. The summed E-state index contributed by atoms with van der Waals surface area (Å²) >= 11 is 5.18. The van der Waals surface area contributed by atoms with Crippen LogP contribution >= 0.6 is 34.0 Å². The van der Waals surface area contributed by atoms with Gasteiger partial charge >= 0.3 is 0 Å². The lowest BCUT2D eigenvalue weighted by Gasteiger charge is -1.82. The third kappa shape index (κ3) is 177. The van der Waals surface area contributed by atoms with Crippen LogP contribution in [0, 0.1) is 83.1 Å². The predicted octanol–water partition coefficient (Wildman–Crippen LogP) is 40.2. The lowest BCUT2D eigenvalue weighted by molar-refractivity contribution is 0.980. The molecule has 2 aliphatic heterocycles. The zero-order chi connectivity index (χ0) is 96.8. The van der Waals surface area contributed by atoms with E-state index in [-0.39, 0.29) is 74.3 Å². The van der Waals surface area contributed by atoms with Crippen molar-refractivity contribution in [1.82, 2.24) is 60.0 Å². The Kier molecular flexibility index (Phi) is 255. The standard InChI is InChI=1S/2C7H8.3C6H7N.C6H5N.4C5H6N2.C5H7N.2C5H6S.C4H5NS.14C2H6.10CH4/c2*1-7-5-3-2-4-6-7;2*1-6-3-2-4-7-5-6;2*1-6-4-2-3-5-7-6;1-5-2-6-4-7-3-5;1-5-4-6-2-3-7-5;1-5-6-3-2-4-7-5;1-5-3-2-4-6-7-5;1-5-3-2-4-6-5;1-5-2-3-6-4-5;1-5-3-2-4-6-5;1-4-5-2-3-6-4;14*1-2;;;;;;;;;;/h2*2-6H,1H3;3*2-5H,1H3;4-5H,1H3;4*2-4H,1H3;3-4H,2H2,1H3;2*2-4H,1H3;2-3H,1H3;14*1-2H3;10*1H4. The summed E-state index contributed by atoms with van der Waals surface area (Å²) in [6, 6.07) is 46.1. The molecule has 12 aromatic rings. The first-order valence-electron chi connectivity index (χ1n) is 43.8. The number of rotatable bonds is 0. The minimum Gasteiger partial charge on any atom is -0.266 e. The molecule has 14 rings (SSSR count). The second kappa shape index (κ2) is 181. The fraction of sp³-hybridized carbons (Fsp3) is 0.461. The predicted molar refractivity (Wildman–Crippen MR) is 624 cm³/mol. The minimum absolute atomic E-state index is 0. The SMILES string of the molecule is C.C.C.C.C.C.C.C.C.C.CC.CC.CC.CC.CC.CC.CC.CC.CC.CC.CC.CC.CC.CC.CC1=CCC=N1.CC1=NC=C=C=C1.Cc1ccccc1.Cc1ccccc1.Cc1ccccn1.Cc1cccnc1.Cc1cccnc1.Cc1cccnn1.Cc1cccs1.Cc1ccsc1.Cc1cnccn1.Cc1cncnc1.Cc1ncccn1.Cc1nccs1. The Morgan fingerprint density at radius 1 is 0.288 bits per heavy atom. The maximum absolute atomic E-state index is 3.98. The molecule has 2 aromatic carbocycles. The van der Waals surface area contributed by atoms with Gasteiger partial charge in [0.05, 0.1) is 22.6 Å². The number of aromatic nitrogens is 12. The molecule has 0 radical (unpaired) electrons. The number of nitrogens with zero attached hydrogens (tertiary/aromatic N) is 14. The van der Waals surface area contributed by atoms with Gasteiger partial charge < -0.3 is 0 Å². The molecule has 0 spiro atoms. The van der Waals surface area contributed by atoms with Gasteiger partial charge in [0.15, 0.2) is 0 Å². The molecule has 762 valence electrons. The zero-order valence-electron chi connectivity index (χ0n) is 84.8. The molecule has 0 saturated carbocycles. The third-order valence-electron chi connectivity index (χ3n) is 10.5. The zero-order valence-corrected chi connectivity index (χ0v) is 87.2. The van der Waals surface area contributed by atoms with Gasteiger partial charge in [-0.15, -0.1) is 22.7 Å². The van der Waals surface area contributed by atoms with Crippen molar-refractivity contribution in [3.63, 3.8) is 0 Å². The van der Waals surface area contributed by atoms with E-state index in [0.717, 1.165) is 51.3 Å². The van der Waals surface area contributed by atoms with E-state index in [0.29, 0.717) is 0 Å². The van der Waals surface area contributed by atoms with Crippen molar-refractivity contribution >= 4 is 45.9 Å². The minimum atomic E-state index is 0. The number of thiophene rings is 2. The normalized spacial score (nSPS) is 7.62. The van der Waals surface area contributed by atoms with Crippen molar-refractivity contribution in [2.75, 3.05) is 0 Å². The molecule has 0 fully saturated rings. The van der Waals surface area contributed by atoms with Crippen LogP contribution in [0.1, 0.15) is 355 Å². The van der Waals surface area contributed by atoms with Crippen molar-refractivity contribution in [3.05, 3.63) is 356 Å². The number of benzene rings is 2. The van der Waals surface area contributed by atoms with Gasteiger partial charge in [-0.05, 0) is 190 Å². The van der Waals surface area contributed by atoms with E-state index in [4.69, 9.17) is 0 Å². The quantitative estimate of drug-likeness (QED) is 0.131. The van der Waals surface area contributed by atoms with E-state index in [1.165, 1.54) is 39.0 Å². The van der Waals surface area contributed by atoms with Gasteiger partial charge in [-0.3, -0.25) is 39.9 Å². The van der Waals surface area contributed by atoms with Crippen molar-refractivity contribution in [2.24, 2.45) is 9.98 Å². The summed E-state index contributed by atoms with van der Waals surface area (Å²) in [6.45, 7) is 83.9. The molecule has 14 nitrogen and oxygen atoms in total.